The number of amides is 1. The van der Waals surface area contributed by atoms with Gasteiger partial charge in [-0.1, -0.05) is 12.8 Å². The minimum Gasteiger partial charge on any atom is -0.480 e. The number of nitrogens with one attached hydrogen (secondary N) is 2. The van der Waals surface area contributed by atoms with E-state index in [1.54, 1.807) is 0 Å². The lowest BCUT2D eigenvalue weighted by Gasteiger charge is -2.39. The number of rotatable bonds is 5. The number of hydrogen-bond donors (Lipinski definition) is 3. The van der Waals surface area contributed by atoms with E-state index in [0.29, 0.717) is 12.8 Å². The number of carboxylic acids is 1. The Bertz CT molecular complexity index is 346. The van der Waals surface area contributed by atoms with Gasteiger partial charge in [0.15, 0.2) is 0 Å². The van der Waals surface area contributed by atoms with Gasteiger partial charge in [0, 0.05) is 13.1 Å². The Morgan fingerprint density at radius 3 is 2.39 bits per heavy atom. The molecule has 1 aliphatic carbocycles. The molecular weight excluding hydrogens is 236 g/mol. The SMILES string of the molecule is CC1(OCC(=O)NC2(C(=O)O)CCCC2)CNC1. The second-order valence-corrected chi connectivity index (χ2v) is 5.48. The molecule has 1 heterocycles. The lowest BCUT2D eigenvalue weighted by molar-refractivity contribution is -0.150. The molecule has 6 nitrogen and oxygen atoms in total. The zero-order valence-electron chi connectivity index (χ0n) is 10.6. The van der Waals surface area contributed by atoms with Crippen LogP contribution in [-0.4, -0.2) is 47.8 Å². The van der Waals surface area contributed by atoms with E-state index in [9.17, 15) is 14.7 Å². The molecule has 1 saturated carbocycles. The van der Waals surface area contributed by atoms with Crippen molar-refractivity contribution >= 4 is 11.9 Å². The average Bonchev–Trinajstić information content (AvgIpc) is 2.73. The average molecular weight is 256 g/mol. The van der Waals surface area contributed by atoms with Crippen molar-refractivity contribution in [2.75, 3.05) is 19.7 Å². The molecule has 6 heteroatoms. The van der Waals surface area contributed by atoms with Crippen LogP contribution < -0.4 is 10.6 Å². The molecule has 0 spiro atoms. The maximum atomic E-state index is 11.8. The fourth-order valence-electron chi connectivity index (χ4n) is 2.49. The summed E-state index contributed by atoms with van der Waals surface area (Å²) in [4.78, 5) is 23.0. The van der Waals surface area contributed by atoms with Gasteiger partial charge < -0.3 is 20.5 Å². The Morgan fingerprint density at radius 1 is 1.33 bits per heavy atom. The van der Waals surface area contributed by atoms with Crippen LogP contribution in [0.3, 0.4) is 0 Å². The third-order valence-electron chi connectivity index (χ3n) is 3.79. The fourth-order valence-corrected chi connectivity index (χ4v) is 2.49. The molecule has 0 aromatic rings. The molecular formula is C12H20N2O4. The topological polar surface area (TPSA) is 87.7 Å². The van der Waals surface area contributed by atoms with Gasteiger partial charge in [-0.3, -0.25) is 4.79 Å². The van der Waals surface area contributed by atoms with Gasteiger partial charge >= 0.3 is 5.97 Å². The number of carboxylic acid groups (broad SMARTS) is 1. The van der Waals surface area contributed by atoms with E-state index in [1.165, 1.54) is 0 Å². The molecule has 2 rings (SSSR count). The minimum atomic E-state index is -1.07. The van der Waals surface area contributed by atoms with Gasteiger partial charge in [0.2, 0.25) is 5.91 Å². The summed E-state index contributed by atoms with van der Waals surface area (Å²) in [6.07, 6.45) is 2.70. The van der Waals surface area contributed by atoms with E-state index in [4.69, 9.17) is 4.74 Å². The molecule has 0 unspecified atom stereocenters. The highest BCUT2D eigenvalue weighted by molar-refractivity contribution is 5.87. The first-order valence-electron chi connectivity index (χ1n) is 6.35. The van der Waals surface area contributed by atoms with Crippen LogP contribution in [0.2, 0.25) is 0 Å². The maximum Gasteiger partial charge on any atom is 0.329 e. The van der Waals surface area contributed by atoms with E-state index < -0.39 is 11.5 Å². The summed E-state index contributed by atoms with van der Waals surface area (Å²) in [6.45, 7) is 3.31. The maximum absolute atomic E-state index is 11.8. The number of carbonyl (C=O) groups is 2. The van der Waals surface area contributed by atoms with E-state index >= 15 is 0 Å². The van der Waals surface area contributed by atoms with Crippen LogP contribution >= 0.6 is 0 Å². The van der Waals surface area contributed by atoms with E-state index in [1.807, 2.05) is 6.92 Å². The summed E-state index contributed by atoms with van der Waals surface area (Å²) in [5, 5.41) is 14.9. The number of ether oxygens (including phenoxy) is 1. The van der Waals surface area contributed by atoms with Crippen molar-refractivity contribution in [1.29, 1.82) is 0 Å². The van der Waals surface area contributed by atoms with Crippen LogP contribution in [0, 0.1) is 0 Å². The highest BCUT2D eigenvalue weighted by Crippen LogP contribution is 2.29. The van der Waals surface area contributed by atoms with Gasteiger partial charge in [0.1, 0.15) is 12.1 Å². The Balaban J connectivity index is 1.84. The quantitative estimate of drug-likeness (QED) is 0.638. The second-order valence-electron chi connectivity index (χ2n) is 5.48. The van der Waals surface area contributed by atoms with Crippen molar-refractivity contribution in [3.05, 3.63) is 0 Å². The number of carbonyl (C=O) groups excluding carboxylic acids is 1. The molecule has 3 N–H and O–H groups in total. The Morgan fingerprint density at radius 2 is 1.94 bits per heavy atom. The van der Waals surface area contributed by atoms with Crippen molar-refractivity contribution in [1.82, 2.24) is 10.6 Å². The van der Waals surface area contributed by atoms with E-state index in [-0.39, 0.29) is 18.1 Å². The first-order chi connectivity index (χ1) is 8.46. The molecule has 0 aromatic heterocycles. The summed E-state index contributed by atoms with van der Waals surface area (Å²) >= 11 is 0. The van der Waals surface area contributed by atoms with Crippen LogP contribution in [0.25, 0.3) is 0 Å². The van der Waals surface area contributed by atoms with E-state index in [2.05, 4.69) is 10.6 Å². The van der Waals surface area contributed by atoms with Crippen molar-refractivity contribution in [2.24, 2.45) is 0 Å². The summed E-state index contributed by atoms with van der Waals surface area (Å²) in [6, 6.07) is 0. The smallest absolute Gasteiger partial charge is 0.329 e. The second kappa shape index (κ2) is 4.85. The predicted octanol–water partition coefficient (Wildman–Crippen LogP) is -0.121. The normalized spacial score (nSPS) is 24.3. The molecule has 1 saturated heterocycles. The van der Waals surface area contributed by atoms with Crippen molar-refractivity contribution in [2.45, 2.75) is 43.7 Å². The van der Waals surface area contributed by atoms with Crippen molar-refractivity contribution in [3.63, 3.8) is 0 Å². The van der Waals surface area contributed by atoms with Gasteiger partial charge in [-0.15, -0.1) is 0 Å². The molecule has 0 radical (unpaired) electrons. The molecule has 1 amide bonds. The van der Waals surface area contributed by atoms with Gasteiger partial charge in [-0.2, -0.15) is 0 Å². The molecule has 1 aliphatic heterocycles. The van der Waals surface area contributed by atoms with E-state index in [0.717, 1.165) is 25.9 Å². The largest absolute Gasteiger partial charge is 0.480 e. The fraction of sp³-hybridized carbons (Fsp3) is 0.833. The monoisotopic (exact) mass is 256 g/mol. The highest BCUT2D eigenvalue weighted by Gasteiger charge is 2.43. The van der Waals surface area contributed by atoms with Crippen LogP contribution in [0.5, 0.6) is 0 Å². The summed E-state index contributed by atoms with van der Waals surface area (Å²) in [5.41, 5.74) is -1.36. The third kappa shape index (κ3) is 2.64. The lowest BCUT2D eigenvalue weighted by Crippen LogP contribution is -2.60. The first-order valence-corrected chi connectivity index (χ1v) is 6.35. The lowest BCUT2D eigenvalue weighted by atomic mass is 9.98. The molecule has 102 valence electrons. The molecule has 2 fully saturated rings. The molecule has 0 bridgehead atoms. The van der Waals surface area contributed by atoms with Gasteiger partial charge in [0.25, 0.3) is 0 Å². The minimum absolute atomic E-state index is 0.0762. The number of hydrogen-bond acceptors (Lipinski definition) is 4. The predicted molar refractivity (Wildman–Crippen MR) is 64.2 cm³/mol. The van der Waals surface area contributed by atoms with Gasteiger partial charge in [-0.25, -0.2) is 4.79 Å². The van der Waals surface area contributed by atoms with Crippen LogP contribution in [0.4, 0.5) is 0 Å². The highest BCUT2D eigenvalue weighted by atomic mass is 16.5. The summed E-state index contributed by atoms with van der Waals surface area (Å²) in [5.74, 6) is -1.28. The Labute approximate surface area is 106 Å². The Kier molecular flexibility index (Phi) is 3.59. The van der Waals surface area contributed by atoms with Crippen LogP contribution in [0.1, 0.15) is 32.6 Å². The number of aliphatic carboxylic acids is 1. The van der Waals surface area contributed by atoms with Crippen molar-refractivity contribution < 1.29 is 19.4 Å². The van der Waals surface area contributed by atoms with Gasteiger partial charge in [-0.05, 0) is 19.8 Å². The molecule has 0 aromatic carbocycles. The first kappa shape index (κ1) is 13.3. The van der Waals surface area contributed by atoms with Gasteiger partial charge in [0.05, 0.1) is 5.60 Å². The van der Waals surface area contributed by atoms with Crippen LogP contribution in [0.15, 0.2) is 0 Å². The zero-order valence-corrected chi connectivity index (χ0v) is 10.6. The third-order valence-corrected chi connectivity index (χ3v) is 3.79. The molecule has 0 atom stereocenters. The van der Waals surface area contributed by atoms with Crippen LogP contribution in [-0.2, 0) is 14.3 Å². The molecule has 18 heavy (non-hydrogen) atoms. The summed E-state index contributed by atoms with van der Waals surface area (Å²) in [7, 11) is 0. The van der Waals surface area contributed by atoms with Crippen molar-refractivity contribution in [3.8, 4) is 0 Å². The molecule has 2 aliphatic rings. The summed E-state index contributed by atoms with van der Waals surface area (Å²) < 4.78 is 5.49. The standard InChI is InChI=1S/C12H20N2O4/c1-11(7-13-8-11)18-6-9(15)14-12(10(16)17)4-2-3-5-12/h13H,2-8H2,1H3,(H,14,15)(H,16,17). The Hall–Kier alpha value is -1.14. The zero-order chi connectivity index (χ0) is 13.2.